The molecule has 2 N–H and O–H groups in total. The summed E-state index contributed by atoms with van der Waals surface area (Å²) < 4.78 is 1.49. The molecule has 2 aromatic rings. The fourth-order valence-electron chi connectivity index (χ4n) is 2.01. The Balaban J connectivity index is 2.37. The minimum Gasteiger partial charge on any atom is -0.338 e. The van der Waals surface area contributed by atoms with Gasteiger partial charge >= 0.3 is 0 Å². The molecule has 0 radical (unpaired) electrons. The maximum Gasteiger partial charge on any atom is 0.114 e. The molecule has 1 heterocycles. The fraction of sp³-hybridized carbons (Fsp3) is 0.308. The van der Waals surface area contributed by atoms with Crippen molar-refractivity contribution in [2.75, 3.05) is 5.84 Å². The van der Waals surface area contributed by atoms with E-state index in [1.807, 2.05) is 6.20 Å². The summed E-state index contributed by atoms with van der Waals surface area (Å²) in [7, 11) is 0. The smallest absolute Gasteiger partial charge is 0.114 e. The minimum absolute atomic E-state index is 0.281. The Labute approximate surface area is 95.9 Å². The number of nitrogen functional groups attached to an aromatic ring is 1. The Hall–Kier alpha value is -1.77. The van der Waals surface area contributed by atoms with Crippen LogP contribution < -0.4 is 5.84 Å². The van der Waals surface area contributed by atoms with Crippen LogP contribution in [0.3, 0.4) is 0 Å². The Morgan fingerprint density at radius 2 is 1.81 bits per heavy atom. The van der Waals surface area contributed by atoms with E-state index in [0.29, 0.717) is 0 Å². The summed E-state index contributed by atoms with van der Waals surface area (Å²) in [5.74, 6) is 5.89. The third-order valence-corrected chi connectivity index (χ3v) is 2.81. The number of hydrogen-bond acceptors (Lipinski definition) is 2. The van der Waals surface area contributed by atoms with Gasteiger partial charge in [0, 0.05) is 12.1 Å². The van der Waals surface area contributed by atoms with E-state index in [1.165, 1.54) is 21.4 Å². The molecular formula is C13H17N3. The van der Waals surface area contributed by atoms with Crippen LogP contribution in [0.2, 0.25) is 0 Å². The third-order valence-electron chi connectivity index (χ3n) is 2.81. The lowest BCUT2D eigenvalue weighted by Gasteiger charge is -2.11. The zero-order chi connectivity index (χ0) is 11.7. The first kappa shape index (κ1) is 10.7. The van der Waals surface area contributed by atoms with E-state index in [1.54, 1.807) is 6.33 Å². The Kier molecular flexibility index (Phi) is 2.69. The number of hydrogen-bond donors (Lipinski definition) is 1. The minimum atomic E-state index is 0.281. The number of benzene rings is 1. The summed E-state index contributed by atoms with van der Waals surface area (Å²) in [6.45, 7) is 6.38. The van der Waals surface area contributed by atoms with Gasteiger partial charge in [0.1, 0.15) is 6.33 Å². The molecule has 1 unspecified atom stereocenters. The molecule has 84 valence electrons. The molecule has 0 bridgehead atoms. The van der Waals surface area contributed by atoms with Gasteiger partial charge in [-0.3, -0.25) is 4.68 Å². The van der Waals surface area contributed by atoms with Gasteiger partial charge in [0.25, 0.3) is 0 Å². The fourth-order valence-corrected chi connectivity index (χ4v) is 2.01. The molecule has 0 aliphatic heterocycles. The Morgan fingerprint density at radius 3 is 2.31 bits per heavy atom. The van der Waals surface area contributed by atoms with Gasteiger partial charge in [-0.2, -0.15) is 0 Å². The average Bonchev–Trinajstić information content (AvgIpc) is 2.62. The van der Waals surface area contributed by atoms with Crippen LogP contribution in [-0.4, -0.2) is 9.66 Å². The topological polar surface area (TPSA) is 43.8 Å². The SMILES string of the molecule is Cc1cc(C)cc(C(C)c2cn(N)cn2)c1. The summed E-state index contributed by atoms with van der Waals surface area (Å²) in [5.41, 5.74) is 4.87. The van der Waals surface area contributed by atoms with Crippen molar-refractivity contribution in [2.45, 2.75) is 26.7 Å². The van der Waals surface area contributed by atoms with E-state index in [-0.39, 0.29) is 5.92 Å². The summed E-state index contributed by atoms with van der Waals surface area (Å²) in [6, 6.07) is 6.58. The Morgan fingerprint density at radius 1 is 1.19 bits per heavy atom. The molecule has 1 atom stereocenters. The van der Waals surface area contributed by atoms with Crippen molar-refractivity contribution < 1.29 is 0 Å². The van der Waals surface area contributed by atoms with Gasteiger partial charge in [-0.05, 0) is 19.4 Å². The van der Waals surface area contributed by atoms with Crippen LogP contribution >= 0.6 is 0 Å². The zero-order valence-corrected chi connectivity index (χ0v) is 9.94. The molecule has 3 heteroatoms. The molecule has 0 saturated carbocycles. The van der Waals surface area contributed by atoms with Crippen LogP contribution in [0.5, 0.6) is 0 Å². The van der Waals surface area contributed by atoms with Gasteiger partial charge < -0.3 is 5.84 Å². The highest BCUT2D eigenvalue weighted by atomic mass is 15.3. The highest BCUT2D eigenvalue weighted by Crippen LogP contribution is 2.24. The maximum absolute atomic E-state index is 5.61. The highest BCUT2D eigenvalue weighted by molar-refractivity contribution is 5.34. The van der Waals surface area contributed by atoms with Crippen LogP contribution in [0.4, 0.5) is 0 Å². The van der Waals surface area contributed by atoms with Crippen molar-refractivity contribution in [1.82, 2.24) is 9.66 Å². The average molecular weight is 215 g/mol. The third kappa shape index (κ3) is 2.08. The van der Waals surface area contributed by atoms with E-state index in [9.17, 15) is 0 Å². The second-order valence-electron chi connectivity index (χ2n) is 4.39. The first-order valence-corrected chi connectivity index (χ1v) is 5.43. The molecule has 0 aliphatic rings. The lowest BCUT2D eigenvalue weighted by molar-refractivity contribution is 0.878. The van der Waals surface area contributed by atoms with E-state index in [4.69, 9.17) is 5.84 Å². The van der Waals surface area contributed by atoms with Crippen LogP contribution in [0.25, 0.3) is 0 Å². The van der Waals surface area contributed by atoms with Gasteiger partial charge in [-0.15, -0.1) is 0 Å². The van der Waals surface area contributed by atoms with E-state index >= 15 is 0 Å². The lowest BCUT2D eigenvalue weighted by Crippen LogP contribution is -2.04. The first-order valence-electron chi connectivity index (χ1n) is 5.43. The van der Waals surface area contributed by atoms with Crippen molar-refractivity contribution in [3.63, 3.8) is 0 Å². The molecule has 2 rings (SSSR count). The van der Waals surface area contributed by atoms with Crippen molar-refractivity contribution in [1.29, 1.82) is 0 Å². The van der Waals surface area contributed by atoms with Crippen LogP contribution in [0.1, 0.15) is 35.2 Å². The molecule has 0 fully saturated rings. The molecule has 1 aromatic carbocycles. The molecule has 0 spiro atoms. The number of rotatable bonds is 2. The number of aryl methyl sites for hydroxylation is 2. The zero-order valence-electron chi connectivity index (χ0n) is 9.94. The number of imidazole rings is 1. The van der Waals surface area contributed by atoms with E-state index in [2.05, 4.69) is 44.0 Å². The normalized spacial score (nSPS) is 12.7. The predicted octanol–water partition coefficient (Wildman–Crippen LogP) is 2.37. The second kappa shape index (κ2) is 4.00. The van der Waals surface area contributed by atoms with Gasteiger partial charge in [0.15, 0.2) is 0 Å². The monoisotopic (exact) mass is 215 g/mol. The van der Waals surface area contributed by atoms with Crippen molar-refractivity contribution >= 4 is 0 Å². The summed E-state index contributed by atoms with van der Waals surface area (Å²) in [4.78, 5) is 4.29. The molecule has 0 saturated heterocycles. The van der Waals surface area contributed by atoms with Crippen LogP contribution in [0.15, 0.2) is 30.7 Å². The largest absolute Gasteiger partial charge is 0.338 e. The number of aromatic nitrogens is 2. The van der Waals surface area contributed by atoms with Gasteiger partial charge in [-0.1, -0.05) is 36.2 Å². The van der Waals surface area contributed by atoms with Gasteiger partial charge in [-0.25, -0.2) is 4.98 Å². The second-order valence-corrected chi connectivity index (χ2v) is 4.39. The quantitative estimate of drug-likeness (QED) is 0.781. The molecular weight excluding hydrogens is 198 g/mol. The van der Waals surface area contributed by atoms with Crippen molar-refractivity contribution in [3.05, 3.63) is 53.1 Å². The Bertz CT molecular complexity index is 479. The molecule has 1 aromatic heterocycles. The first-order chi connectivity index (χ1) is 7.56. The van der Waals surface area contributed by atoms with Crippen LogP contribution in [0, 0.1) is 13.8 Å². The highest BCUT2D eigenvalue weighted by Gasteiger charge is 2.11. The number of nitrogens with zero attached hydrogens (tertiary/aromatic N) is 2. The molecule has 0 amide bonds. The van der Waals surface area contributed by atoms with Crippen molar-refractivity contribution in [3.8, 4) is 0 Å². The predicted molar refractivity (Wildman–Crippen MR) is 65.8 cm³/mol. The van der Waals surface area contributed by atoms with Crippen LogP contribution in [-0.2, 0) is 0 Å². The summed E-state index contributed by atoms with van der Waals surface area (Å²) >= 11 is 0. The number of nitrogens with two attached hydrogens (primary N) is 1. The summed E-state index contributed by atoms with van der Waals surface area (Å²) in [6.07, 6.45) is 3.50. The van der Waals surface area contributed by atoms with Crippen molar-refractivity contribution in [2.24, 2.45) is 0 Å². The maximum atomic E-state index is 5.61. The standard InChI is InChI=1S/C13H17N3/c1-9-4-10(2)6-12(5-9)11(3)13-7-16(14)8-15-13/h4-8,11H,14H2,1-3H3. The molecule has 3 nitrogen and oxygen atoms in total. The van der Waals surface area contributed by atoms with E-state index < -0.39 is 0 Å². The van der Waals surface area contributed by atoms with Gasteiger partial charge in [0.05, 0.1) is 5.69 Å². The lowest BCUT2D eigenvalue weighted by atomic mass is 9.95. The molecule has 0 aliphatic carbocycles. The summed E-state index contributed by atoms with van der Waals surface area (Å²) in [5, 5.41) is 0. The van der Waals surface area contributed by atoms with E-state index in [0.717, 1.165) is 5.69 Å². The molecule has 16 heavy (non-hydrogen) atoms. The van der Waals surface area contributed by atoms with Gasteiger partial charge in [0.2, 0.25) is 0 Å².